The zero-order chi connectivity index (χ0) is 15.1. The van der Waals surface area contributed by atoms with Gasteiger partial charge in [0.15, 0.2) is 0 Å². The van der Waals surface area contributed by atoms with Crippen LogP contribution < -0.4 is 5.32 Å². The van der Waals surface area contributed by atoms with Crippen molar-refractivity contribution in [3.05, 3.63) is 35.3 Å². The standard InChI is InChI=1S/C18H23N3O/c1-12-11-16(13-7-8-13)21-10-9-15(17(21)19-12)18(22)20-14-5-3-2-4-6-14/h9-11,13-14H,2-8H2,1H3,(H,20,22). The third kappa shape index (κ3) is 2.51. The molecule has 4 heteroatoms. The zero-order valence-electron chi connectivity index (χ0n) is 13.1. The summed E-state index contributed by atoms with van der Waals surface area (Å²) in [6.45, 7) is 2.02. The van der Waals surface area contributed by atoms with Gasteiger partial charge in [0.2, 0.25) is 0 Å². The molecule has 2 heterocycles. The molecule has 2 aliphatic carbocycles. The molecule has 1 N–H and O–H groups in total. The smallest absolute Gasteiger partial charge is 0.255 e. The first kappa shape index (κ1) is 13.8. The maximum absolute atomic E-state index is 12.6. The minimum absolute atomic E-state index is 0.0363. The van der Waals surface area contributed by atoms with E-state index in [0.29, 0.717) is 12.0 Å². The second-order valence-corrected chi connectivity index (χ2v) is 6.83. The van der Waals surface area contributed by atoms with Gasteiger partial charge in [0.05, 0.1) is 5.56 Å². The Labute approximate surface area is 130 Å². The first-order chi connectivity index (χ1) is 10.7. The topological polar surface area (TPSA) is 46.4 Å². The molecule has 4 nitrogen and oxygen atoms in total. The van der Waals surface area contributed by atoms with E-state index in [1.54, 1.807) is 0 Å². The molecule has 0 unspecified atom stereocenters. The molecule has 0 aliphatic heterocycles. The molecule has 2 aromatic rings. The summed E-state index contributed by atoms with van der Waals surface area (Å²) in [4.78, 5) is 17.3. The van der Waals surface area contributed by atoms with Crippen molar-refractivity contribution < 1.29 is 4.79 Å². The average Bonchev–Trinajstić information content (AvgIpc) is 3.27. The second kappa shape index (κ2) is 5.41. The Kier molecular flexibility index (Phi) is 3.40. The molecule has 0 aromatic carbocycles. The number of fused-ring (bicyclic) bond motifs is 1. The second-order valence-electron chi connectivity index (χ2n) is 6.83. The van der Waals surface area contributed by atoms with Crippen LogP contribution in [0.1, 0.15) is 72.6 Å². The van der Waals surface area contributed by atoms with Crippen LogP contribution in [0.3, 0.4) is 0 Å². The summed E-state index contributed by atoms with van der Waals surface area (Å²) in [5.74, 6) is 0.681. The zero-order valence-corrected chi connectivity index (χ0v) is 13.1. The van der Waals surface area contributed by atoms with E-state index < -0.39 is 0 Å². The van der Waals surface area contributed by atoms with E-state index in [4.69, 9.17) is 0 Å². The molecule has 0 radical (unpaired) electrons. The molecule has 0 atom stereocenters. The van der Waals surface area contributed by atoms with Gasteiger partial charge in [-0.1, -0.05) is 19.3 Å². The van der Waals surface area contributed by atoms with Gasteiger partial charge in [0, 0.05) is 23.6 Å². The van der Waals surface area contributed by atoms with Gasteiger partial charge in [-0.05, 0) is 50.7 Å². The van der Waals surface area contributed by atoms with Crippen LogP contribution in [0.4, 0.5) is 0 Å². The minimum Gasteiger partial charge on any atom is -0.349 e. The van der Waals surface area contributed by atoms with Crippen LogP contribution >= 0.6 is 0 Å². The average molecular weight is 297 g/mol. The van der Waals surface area contributed by atoms with E-state index in [-0.39, 0.29) is 5.91 Å². The summed E-state index contributed by atoms with van der Waals surface area (Å²) >= 11 is 0. The summed E-state index contributed by atoms with van der Waals surface area (Å²) < 4.78 is 2.11. The quantitative estimate of drug-likeness (QED) is 0.941. The van der Waals surface area contributed by atoms with Gasteiger partial charge >= 0.3 is 0 Å². The SMILES string of the molecule is Cc1cc(C2CC2)n2ccc(C(=O)NC3CCCCC3)c2n1. The van der Waals surface area contributed by atoms with Crippen molar-refractivity contribution >= 4 is 11.6 Å². The fraction of sp³-hybridized carbons (Fsp3) is 0.556. The minimum atomic E-state index is 0.0363. The Hall–Kier alpha value is -1.84. The predicted molar refractivity (Wildman–Crippen MR) is 86.2 cm³/mol. The molecule has 4 rings (SSSR count). The Balaban J connectivity index is 1.65. The van der Waals surface area contributed by atoms with Crippen LogP contribution in [-0.4, -0.2) is 21.3 Å². The van der Waals surface area contributed by atoms with Gasteiger partial charge in [0.1, 0.15) is 5.65 Å². The third-order valence-electron chi connectivity index (χ3n) is 4.96. The molecular formula is C18H23N3O. The van der Waals surface area contributed by atoms with Gasteiger partial charge in [-0.15, -0.1) is 0 Å². The number of nitrogens with zero attached hydrogens (tertiary/aromatic N) is 2. The lowest BCUT2D eigenvalue weighted by Crippen LogP contribution is -2.36. The van der Waals surface area contributed by atoms with Crippen LogP contribution in [0.5, 0.6) is 0 Å². The maximum atomic E-state index is 12.6. The molecule has 2 aromatic heterocycles. The Morgan fingerprint density at radius 3 is 2.73 bits per heavy atom. The summed E-state index contributed by atoms with van der Waals surface area (Å²) in [6, 6.07) is 4.42. The molecule has 116 valence electrons. The molecule has 0 spiro atoms. The molecule has 0 saturated heterocycles. The van der Waals surface area contributed by atoms with E-state index in [1.807, 2.05) is 19.2 Å². The highest BCUT2D eigenvalue weighted by Gasteiger charge is 2.27. The highest BCUT2D eigenvalue weighted by atomic mass is 16.1. The van der Waals surface area contributed by atoms with Gasteiger partial charge in [0.25, 0.3) is 5.91 Å². The maximum Gasteiger partial charge on any atom is 0.255 e. The molecule has 22 heavy (non-hydrogen) atoms. The highest BCUT2D eigenvalue weighted by molar-refractivity contribution is 6.00. The molecule has 2 fully saturated rings. The van der Waals surface area contributed by atoms with Crippen molar-refractivity contribution in [1.29, 1.82) is 0 Å². The Morgan fingerprint density at radius 2 is 2.00 bits per heavy atom. The van der Waals surface area contributed by atoms with E-state index in [2.05, 4.69) is 20.8 Å². The number of carbonyl (C=O) groups excluding carboxylic acids is 1. The highest BCUT2D eigenvalue weighted by Crippen LogP contribution is 2.40. The van der Waals surface area contributed by atoms with Gasteiger partial charge in [-0.25, -0.2) is 4.98 Å². The van der Waals surface area contributed by atoms with Gasteiger partial charge in [-0.2, -0.15) is 0 Å². The summed E-state index contributed by atoms with van der Waals surface area (Å²) in [7, 11) is 0. The summed E-state index contributed by atoms with van der Waals surface area (Å²) in [5.41, 5.74) is 3.84. The number of aromatic nitrogens is 2. The van der Waals surface area contributed by atoms with Crippen LogP contribution in [-0.2, 0) is 0 Å². The van der Waals surface area contributed by atoms with Crippen molar-refractivity contribution in [2.45, 2.75) is 63.8 Å². The van der Waals surface area contributed by atoms with E-state index in [0.717, 1.165) is 29.7 Å². The molecular weight excluding hydrogens is 274 g/mol. The fourth-order valence-corrected chi connectivity index (χ4v) is 3.61. The number of hydrogen-bond acceptors (Lipinski definition) is 2. The third-order valence-corrected chi connectivity index (χ3v) is 4.96. The molecule has 2 aliphatic rings. The van der Waals surface area contributed by atoms with Crippen LogP contribution in [0.25, 0.3) is 5.65 Å². The first-order valence-corrected chi connectivity index (χ1v) is 8.52. The van der Waals surface area contributed by atoms with Crippen LogP contribution in [0.15, 0.2) is 18.3 Å². The van der Waals surface area contributed by atoms with E-state index in [1.165, 1.54) is 37.8 Å². The van der Waals surface area contributed by atoms with Gasteiger partial charge in [-0.3, -0.25) is 4.79 Å². The lowest BCUT2D eigenvalue weighted by molar-refractivity contribution is 0.0929. The number of amides is 1. The normalized spacial score (nSPS) is 19.5. The molecule has 1 amide bonds. The molecule has 0 bridgehead atoms. The summed E-state index contributed by atoms with van der Waals surface area (Å²) in [6.07, 6.45) is 10.5. The van der Waals surface area contributed by atoms with Crippen molar-refractivity contribution in [3.63, 3.8) is 0 Å². The lowest BCUT2D eigenvalue weighted by Gasteiger charge is -2.22. The number of nitrogens with one attached hydrogen (secondary N) is 1. The number of hydrogen-bond donors (Lipinski definition) is 1. The van der Waals surface area contributed by atoms with Crippen molar-refractivity contribution in [3.8, 4) is 0 Å². The monoisotopic (exact) mass is 297 g/mol. The largest absolute Gasteiger partial charge is 0.349 e. The van der Waals surface area contributed by atoms with Crippen LogP contribution in [0.2, 0.25) is 0 Å². The Bertz CT molecular complexity index is 708. The van der Waals surface area contributed by atoms with Gasteiger partial charge < -0.3 is 9.72 Å². The number of carbonyl (C=O) groups is 1. The van der Waals surface area contributed by atoms with Crippen molar-refractivity contribution in [2.75, 3.05) is 0 Å². The number of aryl methyl sites for hydroxylation is 1. The van der Waals surface area contributed by atoms with E-state index >= 15 is 0 Å². The molecule has 2 saturated carbocycles. The van der Waals surface area contributed by atoms with Crippen LogP contribution in [0, 0.1) is 6.92 Å². The number of rotatable bonds is 3. The van der Waals surface area contributed by atoms with Crippen molar-refractivity contribution in [1.82, 2.24) is 14.7 Å². The fourth-order valence-electron chi connectivity index (χ4n) is 3.61. The first-order valence-electron chi connectivity index (χ1n) is 8.52. The lowest BCUT2D eigenvalue weighted by atomic mass is 9.95. The Morgan fingerprint density at radius 1 is 1.23 bits per heavy atom. The summed E-state index contributed by atoms with van der Waals surface area (Å²) in [5, 5.41) is 3.20. The van der Waals surface area contributed by atoms with E-state index in [9.17, 15) is 4.79 Å². The predicted octanol–water partition coefficient (Wildman–Crippen LogP) is 3.58. The van der Waals surface area contributed by atoms with Crippen molar-refractivity contribution in [2.24, 2.45) is 0 Å².